The van der Waals surface area contributed by atoms with E-state index in [1.54, 1.807) is 13.2 Å². The zero-order chi connectivity index (χ0) is 27.2. The molecule has 1 aromatic heterocycles. The smallest absolute Gasteiger partial charge is 0.319 e. The van der Waals surface area contributed by atoms with Crippen molar-refractivity contribution >= 4 is 28.2 Å². The Labute approximate surface area is 228 Å². The molecule has 1 amide bonds. The lowest BCUT2D eigenvalue weighted by atomic mass is 10.1. The van der Waals surface area contributed by atoms with Crippen molar-refractivity contribution in [3.05, 3.63) is 48.2 Å². The molecule has 39 heavy (non-hydrogen) atoms. The molecule has 10 heteroatoms. The Bertz CT molecular complexity index is 1360. The molecule has 2 saturated heterocycles. The lowest BCUT2D eigenvalue weighted by molar-refractivity contribution is 0.102. The highest BCUT2D eigenvalue weighted by Crippen LogP contribution is 2.30. The van der Waals surface area contributed by atoms with Gasteiger partial charge in [0.2, 0.25) is 0 Å². The zero-order valence-electron chi connectivity index (χ0n) is 22.5. The Kier molecular flexibility index (Phi) is 8.39. The molecular formula is C29H35N7O3. The van der Waals surface area contributed by atoms with E-state index in [2.05, 4.69) is 38.4 Å². The fourth-order valence-corrected chi connectivity index (χ4v) is 5.40. The van der Waals surface area contributed by atoms with E-state index in [1.165, 1.54) is 0 Å². The minimum absolute atomic E-state index is 0.0279. The summed E-state index contributed by atoms with van der Waals surface area (Å²) in [6.07, 6.45) is 2.61. The first-order valence-electron chi connectivity index (χ1n) is 13.6. The molecule has 2 fully saturated rings. The van der Waals surface area contributed by atoms with Crippen LogP contribution in [0.2, 0.25) is 0 Å². The number of hydrogen-bond donors (Lipinski definition) is 2. The molecule has 3 heterocycles. The number of ether oxygens (including phenoxy) is 2. The molecule has 0 radical (unpaired) electrons. The standard InChI is InChI=1S/C29H35N7O3/c1-3-35-13-6-8-22(35)19-39-29-33-26(17-27(34-29)36-14-12-31-21(18-36)10-11-30)28(37)32-25-16-23(38-2)15-20-7-4-5-9-24(20)25/h4-5,7,9,15-17,21-22,31H,3,6,8,10,12-14,18-19H2,1-2H3,(H,32,37)/t21-,22-/m0/s1. The van der Waals surface area contributed by atoms with Gasteiger partial charge in [-0.05, 0) is 37.4 Å². The molecule has 2 aromatic carbocycles. The van der Waals surface area contributed by atoms with Gasteiger partial charge in [-0.2, -0.15) is 15.2 Å². The van der Waals surface area contributed by atoms with Gasteiger partial charge in [-0.3, -0.25) is 9.69 Å². The quantitative estimate of drug-likeness (QED) is 0.430. The Balaban J connectivity index is 1.44. The number of nitrogens with one attached hydrogen (secondary N) is 2. The minimum atomic E-state index is -0.360. The van der Waals surface area contributed by atoms with Crippen molar-refractivity contribution in [2.45, 2.75) is 38.3 Å². The summed E-state index contributed by atoms with van der Waals surface area (Å²) < 4.78 is 11.6. The average molecular weight is 530 g/mol. The van der Waals surface area contributed by atoms with Crippen molar-refractivity contribution in [3.8, 4) is 17.8 Å². The average Bonchev–Trinajstić information content (AvgIpc) is 3.44. The number of hydrogen-bond acceptors (Lipinski definition) is 9. The van der Waals surface area contributed by atoms with Crippen LogP contribution in [0.25, 0.3) is 10.8 Å². The Hall–Kier alpha value is -3.94. The maximum Gasteiger partial charge on any atom is 0.319 e. The van der Waals surface area contributed by atoms with Gasteiger partial charge in [0.15, 0.2) is 0 Å². The van der Waals surface area contributed by atoms with Crippen molar-refractivity contribution < 1.29 is 14.3 Å². The van der Waals surface area contributed by atoms with Crippen LogP contribution >= 0.6 is 0 Å². The van der Waals surface area contributed by atoms with Crippen molar-refractivity contribution in [1.29, 1.82) is 5.26 Å². The predicted octanol–water partition coefficient (Wildman–Crippen LogP) is 3.45. The second-order valence-corrected chi connectivity index (χ2v) is 9.94. The number of aromatic nitrogens is 2. The summed E-state index contributed by atoms with van der Waals surface area (Å²) >= 11 is 0. The van der Waals surface area contributed by atoms with E-state index in [-0.39, 0.29) is 23.7 Å². The number of nitrogens with zero attached hydrogens (tertiary/aromatic N) is 5. The van der Waals surface area contributed by atoms with E-state index in [4.69, 9.17) is 14.5 Å². The summed E-state index contributed by atoms with van der Waals surface area (Å²) in [5, 5.41) is 17.4. The summed E-state index contributed by atoms with van der Waals surface area (Å²) in [7, 11) is 1.60. The molecule has 2 aliphatic heterocycles. The predicted molar refractivity (Wildman–Crippen MR) is 150 cm³/mol. The number of benzene rings is 2. The first kappa shape index (κ1) is 26.7. The van der Waals surface area contributed by atoms with E-state index < -0.39 is 0 Å². The second-order valence-electron chi connectivity index (χ2n) is 9.94. The fourth-order valence-electron chi connectivity index (χ4n) is 5.40. The Morgan fingerprint density at radius 2 is 2.10 bits per heavy atom. The van der Waals surface area contributed by atoms with Gasteiger partial charge in [0.25, 0.3) is 5.91 Å². The number of rotatable bonds is 9. The van der Waals surface area contributed by atoms with E-state index in [0.29, 0.717) is 49.4 Å². The van der Waals surface area contributed by atoms with Gasteiger partial charge >= 0.3 is 6.01 Å². The van der Waals surface area contributed by atoms with Crippen molar-refractivity contribution in [1.82, 2.24) is 20.2 Å². The minimum Gasteiger partial charge on any atom is -0.497 e. The van der Waals surface area contributed by atoms with E-state index in [9.17, 15) is 10.1 Å². The lowest BCUT2D eigenvalue weighted by Gasteiger charge is -2.33. The largest absolute Gasteiger partial charge is 0.497 e. The van der Waals surface area contributed by atoms with Crippen LogP contribution in [0, 0.1) is 11.3 Å². The van der Waals surface area contributed by atoms with Crippen LogP contribution in [0.1, 0.15) is 36.7 Å². The molecule has 0 bridgehead atoms. The molecule has 2 atom stereocenters. The van der Waals surface area contributed by atoms with Crippen LogP contribution in [-0.2, 0) is 0 Å². The van der Waals surface area contributed by atoms with Crippen LogP contribution in [0.15, 0.2) is 42.5 Å². The highest BCUT2D eigenvalue weighted by Gasteiger charge is 2.26. The van der Waals surface area contributed by atoms with E-state index in [1.807, 2.05) is 36.4 Å². The number of nitriles is 1. The topological polar surface area (TPSA) is 116 Å². The van der Waals surface area contributed by atoms with Gasteiger partial charge in [0.1, 0.15) is 23.9 Å². The molecule has 2 N–H and O–H groups in total. The number of anilines is 2. The fraction of sp³-hybridized carbons (Fsp3) is 0.448. The SMILES string of the molecule is CCN1CCC[C@H]1COc1nc(C(=O)Nc2cc(OC)cc3ccccc23)cc(N2CCN[C@@H](CC#N)C2)n1. The maximum absolute atomic E-state index is 13.6. The summed E-state index contributed by atoms with van der Waals surface area (Å²) in [4.78, 5) is 27.3. The summed E-state index contributed by atoms with van der Waals surface area (Å²) in [5.74, 6) is 0.906. The summed E-state index contributed by atoms with van der Waals surface area (Å²) in [6.45, 7) is 6.69. The van der Waals surface area contributed by atoms with E-state index in [0.717, 1.165) is 43.2 Å². The summed E-state index contributed by atoms with van der Waals surface area (Å²) in [5.41, 5.74) is 0.856. The Morgan fingerprint density at radius 1 is 1.23 bits per heavy atom. The third-order valence-corrected chi connectivity index (χ3v) is 7.47. The molecule has 0 unspecified atom stereocenters. The molecule has 0 spiro atoms. The number of likely N-dealkylation sites (tertiary alicyclic amines) is 1. The first-order valence-corrected chi connectivity index (χ1v) is 13.6. The van der Waals surface area contributed by atoms with Gasteiger partial charge in [-0.15, -0.1) is 0 Å². The van der Waals surface area contributed by atoms with Crippen LogP contribution in [0.4, 0.5) is 11.5 Å². The van der Waals surface area contributed by atoms with Crippen molar-refractivity contribution in [2.75, 3.05) is 56.7 Å². The molecule has 5 rings (SSSR count). The third-order valence-electron chi connectivity index (χ3n) is 7.47. The number of carbonyl (C=O) groups excluding carboxylic acids is 1. The molecule has 0 saturated carbocycles. The molecule has 2 aliphatic rings. The van der Waals surface area contributed by atoms with Gasteiger partial charge in [0, 0.05) is 49.2 Å². The number of carbonyl (C=O) groups is 1. The van der Waals surface area contributed by atoms with Gasteiger partial charge in [0.05, 0.1) is 25.3 Å². The highest BCUT2D eigenvalue weighted by molar-refractivity contribution is 6.09. The number of likely N-dealkylation sites (N-methyl/N-ethyl adjacent to an activating group) is 1. The third kappa shape index (κ3) is 6.21. The van der Waals surface area contributed by atoms with Crippen molar-refractivity contribution in [3.63, 3.8) is 0 Å². The van der Waals surface area contributed by atoms with Gasteiger partial charge in [-0.1, -0.05) is 31.2 Å². The molecule has 0 aliphatic carbocycles. The number of fused-ring (bicyclic) bond motifs is 1. The number of methoxy groups -OCH3 is 1. The molecule has 10 nitrogen and oxygen atoms in total. The molecule has 204 valence electrons. The molecular weight excluding hydrogens is 494 g/mol. The second kappa shape index (κ2) is 12.3. The van der Waals surface area contributed by atoms with Gasteiger partial charge in [-0.25, -0.2) is 0 Å². The number of amides is 1. The maximum atomic E-state index is 13.6. The zero-order valence-corrected chi connectivity index (χ0v) is 22.5. The summed E-state index contributed by atoms with van der Waals surface area (Å²) in [6, 6.07) is 16.0. The van der Waals surface area contributed by atoms with E-state index >= 15 is 0 Å². The highest BCUT2D eigenvalue weighted by atomic mass is 16.5. The van der Waals surface area contributed by atoms with Crippen LogP contribution < -0.4 is 25.0 Å². The Morgan fingerprint density at radius 3 is 2.92 bits per heavy atom. The molecule has 3 aromatic rings. The van der Waals surface area contributed by atoms with Gasteiger partial charge < -0.3 is 25.0 Å². The van der Waals surface area contributed by atoms with Crippen LogP contribution in [-0.4, -0.2) is 79.3 Å². The lowest BCUT2D eigenvalue weighted by Crippen LogP contribution is -2.51. The van der Waals surface area contributed by atoms with Crippen molar-refractivity contribution in [2.24, 2.45) is 0 Å². The monoisotopic (exact) mass is 529 g/mol. The number of piperazine rings is 1. The van der Waals surface area contributed by atoms with Crippen LogP contribution in [0.3, 0.4) is 0 Å². The van der Waals surface area contributed by atoms with Crippen LogP contribution in [0.5, 0.6) is 11.8 Å². The normalized spacial score (nSPS) is 19.6. The first-order chi connectivity index (χ1) is 19.1.